The lowest BCUT2D eigenvalue weighted by Gasteiger charge is -2.35. The van der Waals surface area contributed by atoms with Crippen molar-refractivity contribution < 1.29 is 22.6 Å². The second-order valence-corrected chi connectivity index (χ2v) is 5.10. The van der Waals surface area contributed by atoms with E-state index in [-0.39, 0.29) is 23.5 Å². The molecule has 0 aliphatic heterocycles. The van der Waals surface area contributed by atoms with Crippen LogP contribution in [0.3, 0.4) is 0 Å². The maximum atomic E-state index is 12.8. The van der Waals surface area contributed by atoms with E-state index in [4.69, 9.17) is 9.47 Å². The number of halogens is 3. The van der Waals surface area contributed by atoms with Gasteiger partial charge >= 0.3 is 6.18 Å². The number of alkyl halides is 3. The average Bonchev–Trinajstić information content (AvgIpc) is 2.36. The average molecular weight is 298 g/mol. The van der Waals surface area contributed by atoms with Crippen LogP contribution in [0, 0.1) is 6.92 Å². The highest BCUT2D eigenvalue weighted by atomic mass is 19.4. The number of ether oxygens (including phenoxy) is 2. The van der Waals surface area contributed by atoms with Gasteiger partial charge in [0.25, 0.3) is 0 Å². The predicted octanol–water partition coefficient (Wildman–Crippen LogP) is 4.64. The van der Waals surface area contributed by atoms with Crippen LogP contribution < -0.4 is 4.74 Å². The molecule has 114 valence electrons. The fourth-order valence-electron chi connectivity index (χ4n) is 2.14. The van der Waals surface area contributed by atoms with E-state index in [0.29, 0.717) is 18.6 Å². The molecule has 0 spiro atoms. The third-order valence-electron chi connectivity index (χ3n) is 3.41. The first-order chi connectivity index (χ1) is 9.79. The highest BCUT2D eigenvalue weighted by Crippen LogP contribution is 2.36. The van der Waals surface area contributed by atoms with Crippen molar-refractivity contribution in [2.45, 2.75) is 38.1 Å². The lowest BCUT2D eigenvalue weighted by Crippen LogP contribution is -2.39. The topological polar surface area (TPSA) is 18.5 Å². The summed E-state index contributed by atoms with van der Waals surface area (Å²) in [5.41, 5.74) is -0.473. The van der Waals surface area contributed by atoms with Crippen LogP contribution in [-0.2, 0) is 10.9 Å². The van der Waals surface area contributed by atoms with Crippen molar-refractivity contribution in [2.75, 3.05) is 0 Å². The number of hydrogen-bond donors (Lipinski definition) is 0. The number of rotatable bonds is 5. The number of allylic oxidation sites excluding steroid dienone is 1. The van der Waals surface area contributed by atoms with Crippen LogP contribution in [0.5, 0.6) is 5.75 Å². The van der Waals surface area contributed by atoms with Gasteiger partial charge in [0.2, 0.25) is 0 Å². The van der Waals surface area contributed by atoms with Gasteiger partial charge in [0.15, 0.2) is 0 Å². The van der Waals surface area contributed by atoms with Crippen molar-refractivity contribution in [3.8, 4) is 5.75 Å². The van der Waals surface area contributed by atoms with Crippen molar-refractivity contribution in [3.63, 3.8) is 0 Å². The first-order valence-corrected chi connectivity index (χ1v) is 6.62. The summed E-state index contributed by atoms with van der Waals surface area (Å²) < 4.78 is 49.4. The van der Waals surface area contributed by atoms with E-state index in [2.05, 4.69) is 13.2 Å². The molecule has 0 heterocycles. The Hall–Kier alpha value is -1.91. The minimum absolute atomic E-state index is 0.00645. The lowest BCUT2D eigenvalue weighted by molar-refractivity contribution is -0.138. The quantitative estimate of drug-likeness (QED) is 0.582. The second kappa shape index (κ2) is 5.84. The molecule has 5 heteroatoms. The Morgan fingerprint density at radius 2 is 1.95 bits per heavy atom. The highest BCUT2D eigenvalue weighted by Gasteiger charge is 2.35. The molecule has 0 radical (unpaired) electrons. The van der Waals surface area contributed by atoms with Crippen molar-refractivity contribution in [1.82, 2.24) is 0 Å². The van der Waals surface area contributed by atoms with Crippen molar-refractivity contribution >= 4 is 0 Å². The van der Waals surface area contributed by atoms with Gasteiger partial charge in [-0.3, -0.25) is 0 Å². The Labute approximate surface area is 121 Å². The maximum Gasteiger partial charge on any atom is 0.416 e. The molecule has 1 aliphatic carbocycles. The van der Waals surface area contributed by atoms with E-state index in [9.17, 15) is 13.2 Å². The third-order valence-corrected chi connectivity index (χ3v) is 3.41. The van der Waals surface area contributed by atoms with Crippen LogP contribution in [0.2, 0.25) is 0 Å². The summed E-state index contributed by atoms with van der Waals surface area (Å²) in [4.78, 5) is 0. The monoisotopic (exact) mass is 298 g/mol. The SMILES string of the molecule is C=CC(=C)OC1CC(Oc2ccc(C)c(C(F)(F)F)c2)C1. The van der Waals surface area contributed by atoms with Gasteiger partial charge in [0.05, 0.1) is 5.56 Å². The molecule has 1 aromatic carbocycles. The third kappa shape index (κ3) is 3.80. The molecule has 1 aromatic rings. The number of aryl methyl sites for hydroxylation is 1. The number of hydrogen-bond acceptors (Lipinski definition) is 2. The zero-order valence-electron chi connectivity index (χ0n) is 11.7. The molecule has 0 aromatic heterocycles. The predicted molar refractivity (Wildman–Crippen MR) is 74.0 cm³/mol. The van der Waals surface area contributed by atoms with Gasteiger partial charge < -0.3 is 9.47 Å². The fraction of sp³-hybridized carbons (Fsp3) is 0.375. The molecule has 0 N–H and O–H groups in total. The molecule has 0 amide bonds. The smallest absolute Gasteiger partial charge is 0.416 e. The molecule has 2 nitrogen and oxygen atoms in total. The largest absolute Gasteiger partial charge is 0.491 e. The zero-order chi connectivity index (χ0) is 15.6. The standard InChI is InChI=1S/C16H17F3O2/c1-4-11(3)20-13-7-14(8-13)21-12-6-5-10(2)15(9-12)16(17,18)19/h4-6,9,13-14H,1,3,7-8H2,2H3. The highest BCUT2D eigenvalue weighted by molar-refractivity contribution is 5.37. The maximum absolute atomic E-state index is 12.8. The van der Waals surface area contributed by atoms with E-state index in [1.54, 1.807) is 6.07 Å². The first kappa shape index (κ1) is 15.5. The molecule has 2 rings (SSSR count). The summed E-state index contributed by atoms with van der Waals surface area (Å²) >= 11 is 0. The minimum atomic E-state index is -4.36. The van der Waals surface area contributed by atoms with Crippen LogP contribution >= 0.6 is 0 Å². The molecule has 1 fully saturated rings. The van der Waals surface area contributed by atoms with Gasteiger partial charge in [-0.15, -0.1) is 0 Å². The van der Waals surface area contributed by atoms with Gasteiger partial charge in [-0.25, -0.2) is 0 Å². The second-order valence-electron chi connectivity index (χ2n) is 5.10. The fourth-order valence-corrected chi connectivity index (χ4v) is 2.14. The van der Waals surface area contributed by atoms with Crippen LogP contribution in [0.4, 0.5) is 13.2 Å². The Morgan fingerprint density at radius 1 is 1.29 bits per heavy atom. The summed E-state index contributed by atoms with van der Waals surface area (Å²) in [5, 5.41) is 0. The van der Waals surface area contributed by atoms with Gasteiger partial charge in [-0.2, -0.15) is 13.2 Å². The molecular formula is C16H17F3O2. The van der Waals surface area contributed by atoms with Gasteiger partial charge in [0, 0.05) is 12.8 Å². The van der Waals surface area contributed by atoms with E-state index in [1.165, 1.54) is 19.1 Å². The van der Waals surface area contributed by atoms with Gasteiger partial charge in [-0.05, 0) is 30.7 Å². The van der Waals surface area contributed by atoms with E-state index >= 15 is 0 Å². The van der Waals surface area contributed by atoms with Crippen molar-refractivity contribution in [1.29, 1.82) is 0 Å². The first-order valence-electron chi connectivity index (χ1n) is 6.62. The molecule has 0 unspecified atom stereocenters. The Kier molecular flexibility index (Phi) is 4.30. The summed E-state index contributed by atoms with van der Waals surface area (Å²) in [6.07, 6.45) is -1.73. The van der Waals surface area contributed by atoms with Crippen molar-refractivity contribution in [3.05, 3.63) is 54.3 Å². The van der Waals surface area contributed by atoms with Crippen LogP contribution in [0.1, 0.15) is 24.0 Å². The molecule has 0 saturated heterocycles. The lowest BCUT2D eigenvalue weighted by atomic mass is 9.91. The molecule has 21 heavy (non-hydrogen) atoms. The van der Waals surface area contributed by atoms with Crippen LogP contribution in [0.25, 0.3) is 0 Å². The zero-order valence-corrected chi connectivity index (χ0v) is 11.7. The van der Waals surface area contributed by atoms with E-state index in [0.717, 1.165) is 6.07 Å². The number of benzene rings is 1. The van der Waals surface area contributed by atoms with Crippen molar-refractivity contribution in [2.24, 2.45) is 0 Å². The van der Waals surface area contributed by atoms with Gasteiger partial charge in [0.1, 0.15) is 23.7 Å². The Bertz CT molecular complexity index is 543. The van der Waals surface area contributed by atoms with E-state index in [1.807, 2.05) is 0 Å². The summed E-state index contributed by atoms with van der Waals surface area (Å²) in [6.45, 7) is 8.61. The molecule has 1 saturated carbocycles. The van der Waals surface area contributed by atoms with Crippen LogP contribution in [-0.4, -0.2) is 12.2 Å². The molecule has 1 aliphatic rings. The summed E-state index contributed by atoms with van der Waals surface area (Å²) in [6, 6.07) is 4.03. The molecule has 0 atom stereocenters. The normalized spacial score (nSPS) is 21.3. The summed E-state index contributed by atoms with van der Waals surface area (Å²) in [5.74, 6) is 0.729. The summed E-state index contributed by atoms with van der Waals surface area (Å²) in [7, 11) is 0. The Balaban J connectivity index is 1.94. The minimum Gasteiger partial charge on any atom is -0.491 e. The molecule has 0 bridgehead atoms. The van der Waals surface area contributed by atoms with Gasteiger partial charge in [-0.1, -0.05) is 19.2 Å². The van der Waals surface area contributed by atoms with E-state index < -0.39 is 11.7 Å². The molecular weight excluding hydrogens is 281 g/mol. The Morgan fingerprint density at radius 3 is 2.52 bits per heavy atom. The van der Waals surface area contributed by atoms with Crippen LogP contribution in [0.15, 0.2) is 43.2 Å².